The molecule has 2 heterocycles. The summed E-state index contributed by atoms with van der Waals surface area (Å²) in [4.78, 5) is 9.88. The summed E-state index contributed by atoms with van der Waals surface area (Å²) in [6.07, 6.45) is 0. The molecule has 1 aromatic carbocycles. The summed E-state index contributed by atoms with van der Waals surface area (Å²) in [6.45, 7) is 2.76. The first kappa shape index (κ1) is 14.4. The number of hydrogen-bond acceptors (Lipinski definition) is 5. The van der Waals surface area contributed by atoms with Gasteiger partial charge >= 0.3 is 0 Å². The lowest BCUT2D eigenvalue weighted by atomic mass is 10.3. The monoisotopic (exact) mass is 338 g/mol. The first-order valence-corrected chi connectivity index (χ1v) is 8.02. The van der Waals surface area contributed by atoms with Gasteiger partial charge in [-0.2, -0.15) is 4.98 Å². The average Bonchev–Trinajstić information content (AvgIpc) is 2.93. The number of nitrogens with one attached hydrogen (secondary N) is 2. The van der Waals surface area contributed by atoms with E-state index in [1.165, 1.54) is 0 Å². The molecular formula is C14H12Cl2N4S. The number of hydrogen-bond donors (Lipinski definition) is 2. The molecular weight excluding hydrogens is 327 g/mol. The van der Waals surface area contributed by atoms with Crippen molar-refractivity contribution >= 4 is 62.2 Å². The molecule has 4 nitrogen and oxygen atoms in total. The summed E-state index contributed by atoms with van der Waals surface area (Å²) in [5.41, 5.74) is 0.720. The molecule has 0 radical (unpaired) electrons. The molecule has 0 fully saturated rings. The predicted molar refractivity (Wildman–Crippen MR) is 91.3 cm³/mol. The van der Waals surface area contributed by atoms with Crippen LogP contribution in [0.15, 0.2) is 29.6 Å². The van der Waals surface area contributed by atoms with Gasteiger partial charge in [0.1, 0.15) is 10.6 Å². The number of aromatic nitrogens is 2. The molecule has 0 aliphatic heterocycles. The van der Waals surface area contributed by atoms with Crippen LogP contribution in [0.5, 0.6) is 0 Å². The second-order valence-corrected chi connectivity index (χ2v) is 5.97. The number of rotatable bonds is 4. The van der Waals surface area contributed by atoms with Crippen molar-refractivity contribution in [1.29, 1.82) is 0 Å². The Morgan fingerprint density at radius 2 is 2.05 bits per heavy atom. The number of anilines is 3. The van der Waals surface area contributed by atoms with Crippen molar-refractivity contribution in [3.63, 3.8) is 0 Å². The minimum absolute atomic E-state index is 0.478. The second-order valence-electron chi connectivity index (χ2n) is 4.29. The Balaban J connectivity index is 2.06. The summed E-state index contributed by atoms with van der Waals surface area (Å²) in [6, 6.07) is 7.44. The normalized spacial score (nSPS) is 10.8. The molecule has 0 saturated carbocycles. The third-order valence-electron chi connectivity index (χ3n) is 2.86. The van der Waals surface area contributed by atoms with Crippen LogP contribution >= 0.6 is 34.5 Å². The maximum absolute atomic E-state index is 6.22. The van der Waals surface area contributed by atoms with Crippen molar-refractivity contribution in [1.82, 2.24) is 9.97 Å². The molecule has 0 spiro atoms. The number of benzene rings is 1. The molecule has 0 unspecified atom stereocenters. The summed E-state index contributed by atoms with van der Waals surface area (Å²) in [5.74, 6) is 1.30. The molecule has 21 heavy (non-hydrogen) atoms. The molecule has 0 atom stereocenters. The Kier molecular flexibility index (Phi) is 4.14. The first-order valence-electron chi connectivity index (χ1n) is 6.39. The van der Waals surface area contributed by atoms with Gasteiger partial charge in [0.05, 0.1) is 21.1 Å². The largest absolute Gasteiger partial charge is 0.354 e. The highest BCUT2D eigenvalue weighted by Gasteiger charge is 2.11. The van der Waals surface area contributed by atoms with Gasteiger partial charge in [0.25, 0.3) is 0 Å². The number of nitrogens with zero attached hydrogens (tertiary/aromatic N) is 2. The smallest absolute Gasteiger partial charge is 0.226 e. The molecule has 2 aromatic heterocycles. The minimum Gasteiger partial charge on any atom is -0.354 e. The molecule has 0 aliphatic carbocycles. The van der Waals surface area contributed by atoms with Crippen LogP contribution in [0, 0.1) is 0 Å². The zero-order chi connectivity index (χ0) is 14.8. The van der Waals surface area contributed by atoms with Gasteiger partial charge in [-0.3, -0.25) is 0 Å². The van der Waals surface area contributed by atoms with Crippen LogP contribution < -0.4 is 10.6 Å². The van der Waals surface area contributed by atoms with Crippen molar-refractivity contribution in [2.45, 2.75) is 6.92 Å². The predicted octanol–water partition coefficient (Wildman–Crippen LogP) is 5.17. The molecule has 7 heteroatoms. The van der Waals surface area contributed by atoms with Crippen molar-refractivity contribution < 1.29 is 0 Å². The van der Waals surface area contributed by atoms with Crippen LogP contribution in [0.1, 0.15) is 6.92 Å². The van der Waals surface area contributed by atoms with Gasteiger partial charge in [-0.25, -0.2) is 4.98 Å². The van der Waals surface area contributed by atoms with Gasteiger partial charge in [-0.05, 0) is 30.5 Å². The van der Waals surface area contributed by atoms with Crippen molar-refractivity contribution in [3.8, 4) is 0 Å². The SMILES string of the molecule is CCNc1nc(Nc2cccc(Cl)c2Cl)c2ccsc2n1. The summed E-state index contributed by atoms with van der Waals surface area (Å²) in [5, 5.41) is 10.3. The van der Waals surface area contributed by atoms with E-state index in [1.807, 2.05) is 30.5 Å². The molecule has 0 bridgehead atoms. The zero-order valence-corrected chi connectivity index (χ0v) is 13.5. The first-order chi connectivity index (χ1) is 10.2. The molecule has 108 valence electrons. The van der Waals surface area contributed by atoms with Gasteiger partial charge in [0, 0.05) is 6.54 Å². The van der Waals surface area contributed by atoms with Crippen molar-refractivity contribution in [2.24, 2.45) is 0 Å². The molecule has 3 rings (SSSR count). The third-order valence-corrected chi connectivity index (χ3v) is 4.49. The fourth-order valence-corrected chi connectivity index (χ4v) is 3.03. The highest BCUT2D eigenvalue weighted by atomic mass is 35.5. The van der Waals surface area contributed by atoms with Crippen molar-refractivity contribution in [3.05, 3.63) is 39.7 Å². The van der Waals surface area contributed by atoms with E-state index in [9.17, 15) is 0 Å². The second kappa shape index (κ2) is 6.05. The van der Waals surface area contributed by atoms with Gasteiger partial charge < -0.3 is 10.6 Å². The van der Waals surface area contributed by atoms with Gasteiger partial charge in [0.2, 0.25) is 5.95 Å². The van der Waals surface area contributed by atoms with E-state index in [0.29, 0.717) is 21.8 Å². The zero-order valence-electron chi connectivity index (χ0n) is 11.2. The Morgan fingerprint density at radius 3 is 2.86 bits per heavy atom. The molecule has 0 saturated heterocycles. The number of fused-ring (bicyclic) bond motifs is 1. The van der Waals surface area contributed by atoms with Crippen LogP contribution in [0.4, 0.5) is 17.5 Å². The number of halogens is 2. The fourth-order valence-electron chi connectivity index (χ4n) is 1.92. The van der Waals surface area contributed by atoms with Crippen LogP contribution in [0.25, 0.3) is 10.2 Å². The highest BCUT2D eigenvalue weighted by Crippen LogP contribution is 2.34. The molecule has 2 N–H and O–H groups in total. The maximum atomic E-state index is 6.22. The quantitative estimate of drug-likeness (QED) is 0.688. The molecule has 0 amide bonds. The van der Waals surface area contributed by atoms with Crippen LogP contribution in [-0.4, -0.2) is 16.5 Å². The lowest BCUT2D eigenvalue weighted by Crippen LogP contribution is -2.04. The van der Waals surface area contributed by atoms with E-state index in [4.69, 9.17) is 23.2 Å². The van der Waals surface area contributed by atoms with Gasteiger partial charge in [0.15, 0.2) is 0 Å². The van der Waals surface area contributed by atoms with E-state index in [0.717, 1.165) is 22.4 Å². The van der Waals surface area contributed by atoms with Gasteiger partial charge in [-0.15, -0.1) is 11.3 Å². The average molecular weight is 339 g/mol. The van der Waals surface area contributed by atoms with E-state index in [1.54, 1.807) is 17.4 Å². The lowest BCUT2D eigenvalue weighted by molar-refractivity contribution is 1.11. The van der Waals surface area contributed by atoms with Gasteiger partial charge in [-0.1, -0.05) is 29.3 Å². The Labute approximate surface area is 136 Å². The summed E-state index contributed by atoms with van der Waals surface area (Å²) in [7, 11) is 0. The lowest BCUT2D eigenvalue weighted by Gasteiger charge is -2.11. The van der Waals surface area contributed by atoms with E-state index in [2.05, 4.69) is 20.6 Å². The van der Waals surface area contributed by atoms with E-state index >= 15 is 0 Å². The topological polar surface area (TPSA) is 49.8 Å². The maximum Gasteiger partial charge on any atom is 0.226 e. The minimum atomic E-state index is 0.478. The Morgan fingerprint density at radius 1 is 1.19 bits per heavy atom. The van der Waals surface area contributed by atoms with Crippen LogP contribution in [0.3, 0.4) is 0 Å². The Bertz CT molecular complexity index is 788. The van der Waals surface area contributed by atoms with Crippen molar-refractivity contribution in [2.75, 3.05) is 17.2 Å². The van der Waals surface area contributed by atoms with Crippen LogP contribution in [0.2, 0.25) is 10.0 Å². The number of thiophene rings is 1. The van der Waals surface area contributed by atoms with E-state index < -0.39 is 0 Å². The highest BCUT2D eigenvalue weighted by molar-refractivity contribution is 7.16. The molecule has 3 aromatic rings. The molecule has 0 aliphatic rings. The van der Waals surface area contributed by atoms with Crippen LogP contribution in [-0.2, 0) is 0 Å². The summed E-state index contributed by atoms with van der Waals surface area (Å²) < 4.78 is 0. The summed E-state index contributed by atoms with van der Waals surface area (Å²) >= 11 is 13.8. The Hall–Kier alpha value is -1.56. The van der Waals surface area contributed by atoms with E-state index in [-0.39, 0.29) is 0 Å². The fraction of sp³-hybridized carbons (Fsp3) is 0.143. The standard InChI is InChI=1S/C14H12Cl2N4S/c1-2-17-14-19-12(8-6-7-21-13(8)20-14)18-10-5-3-4-9(15)11(10)16/h3-7H,2H2,1H3,(H2,17,18,19,20). The third kappa shape index (κ3) is 2.90.